The van der Waals surface area contributed by atoms with E-state index in [1.54, 1.807) is 0 Å². The Kier molecular flexibility index (Phi) is 4.02. The highest BCUT2D eigenvalue weighted by Crippen LogP contribution is 2.28. The van der Waals surface area contributed by atoms with E-state index in [1.807, 2.05) is 0 Å². The molecule has 1 heterocycles. The molecular formula is C13H16N2O5S. The van der Waals surface area contributed by atoms with Gasteiger partial charge in [-0.25, -0.2) is 17.5 Å². The van der Waals surface area contributed by atoms with Crippen LogP contribution in [0.25, 0.3) is 0 Å². The molecule has 1 amide bonds. The Balaban J connectivity index is 2.56. The van der Waals surface area contributed by atoms with E-state index in [2.05, 4.69) is 0 Å². The van der Waals surface area contributed by atoms with Crippen molar-refractivity contribution in [1.29, 1.82) is 0 Å². The SMILES string of the molecule is CN(C)S(=O)(=O)c1ccc(N2CCCC2=O)c(C(=O)O)c1. The van der Waals surface area contributed by atoms with Gasteiger partial charge in [0.1, 0.15) is 0 Å². The van der Waals surface area contributed by atoms with Crippen molar-refractivity contribution >= 4 is 27.6 Å². The molecule has 8 heteroatoms. The first-order valence-corrected chi connectivity index (χ1v) is 7.79. The summed E-state index contributed by atoms with van der Waals surface area (Å²) in [6.07, 6.45) is 1.03. The molecule has 0 aromatic heterocycles. The molecule has 1 aromatic carbocycles. The Labute approximate surface area is 122 Å². The van der Waals surface area contributed by atoms with E-state index >= 15 is 0 Å². The number of benzene rings is 1. The summed E-state index contributed by atoms with van der Waals surface area (Å²) in [6, 6.07) is 3.80. The summed E-state index contributed by atoms with van der Waals surface area (Å²) in [6.45, 7) is 0.443. The van der Waals surface area contributed by atoms with E-state index in [-0.39, 0.29) is 22.1 Å². The first-order chi connectivity index (χ1) is 9.75. The van der Waals surface area contributed by atoms with E-state index in [0.29, 0.717) is 19.4 Å². The molecule has 1 saturated heterocycles. The van der Waals surface area contributed by atoms with Gasteiger partial charge < -0.3 is 10.0 Å². The molecule has 0 spiro atoms. The zero-order chi connectivity index (χ0) is 15.8. The van der Waals surface area contributed by atoms with Crippen molar-refractivity contribution in [2.24, 2.45) is 0 Å². The van der Waals surface area contributed by atoms with Crippen molar-refractivity contribution in [2.45, 2.75) is 17.7 Å². The summed E-state index contributed by atoms with van der Waals surface area (Å²) >= 11 is 0. The minimum absolute atomic E-state index is 0.111. The van der Waals surface area contributed by atoms with Crippen molar-refractivity contribution in [3.63, 3.8) is 0 Å². The molecule has 0 atom stereocenters. The highest BCUT2D eigenvalue weighted by atomic mass is 32.2. The maximum absolute atomic E-state index is 12.1. The lowest BCUT2D eigenvalue weighted by Gasteiger charge is -2.19. The maximum Gasteiger partial charge on any atom is 0.337 e. The van der Waals surface area contributed by atoms with Crippen LogP contribution in [-0.2, 0) is 14.8 Å². The molecule has 0 aliphatic carbocycles. The van der Waals surface area contributed by atoms with Crippen LogP contribution in [0.3, 0.4) is 0 Å². The predicted octanol–water partition coefficient (Wildman–Crippen LogP) is 0.762. The summed E-state index contributed by atoms with van der Waals surface area (Å²) in [7, 11) is -0.983. The number of aromatic carboxylic acids is 1. The Hall–Kier alpha value is -1.93. The molecule has 1 aromatic rings. The van der Waals surface area contributed by atoms with Crippen LogP contribution in [0, 0.1) is 0 Å². The van der Waals surface area contributed by atoms with Gasteiger partial charge in [0.15, 0.2) is 0 Å². The van der Waals surface area contributed by atoms with Gasteiger partial charge in [-0.3, -0.25) is 4.79 Å². The second kappa shape index (κ2) is 5.45. The third kappa shape index (κ3) is 2.77. The Morgan fingerprint density at radius 1 is 1.33 bits per heavy atom. The molecule has 2 rings (SSSR count). The normalized spacial score (nSPS) is 15.8. The highest BCUT2D eigenvalue weighted by molar-refractivity contribution is 7.89. The second-order valence-corrected chi connectivity index (χ2v) is 7.07. The van der Waals surface area contributed by atoms with Crippen molar-refractivity contribution in [2.75, 3.05) is 25.5 Å². The van der Waals surface area contributed by atoms with Gasteiger partial charge in [-0.05, 0) is 24.6 Å². The van der Waals surface area contributed by atoms with Gasteiger partial charge in [0, 0.05) is 27.1 Å². The van der Waals surface area contributed by atoms with Gasteiger partial charge in [0.2, 0.25) is 15.9 Å². The molecule has 0 unspecified atom stereocenters. The van der Waals surface area contributed by atoms with Crippen molar-refractivity contribution in [1.82, 2.24) is 4.31 Å². The Bertz CT molecular complexity index is 697. The fraction of sp³-hybridized carbons (Fsp3) is 0.385. The number of nitrogens with zero attached hydrogens (tertiary/aromatic N) is 2. The van der Waals surface area contributed by atoms with Crippen molar-refractivity contribution < 1.29 is 23.1 Å². The molecule has 1 aliphatic rings. The summed E-state index contributed by atoms with van der Waals surface area (Å²) in [4.78, 5) is 24.4. The molecule has 1 fully saturated rings. The van der Waals surface area contributed by atoms with Crippen molar-refractivity contribution in [3.05, 3.63) is 23.8 Å². The number of anilines is 1. The highest BCUT2D eigenvalue weighted by Gasteiger charge is 2.28. The van der Waals surface area contributed by atoms with Gasteiger partial charge >= 0.3 is 5.97 Å². The Morgan fingerprint density at radius 2 is 2.00 bits per heavy atom. The predicted molar refractivity (Wildman–Crippen MR) is 75.9 cm³/mol. The van der Waals surface area contributed by atoms with Crippen LogP contribution in [0.15, 0.2) is 23.1 Å². The summed E-state index contributed by atoms with van der Waals surface area (Å²) in [5, 5.41) is 9.29. The third-order valence-corrected chi connectivity index (χ3v) is 5.15. The van der Waals surface area contributed by atoms with E-state index in [1.165, 1.54) is 31.1 Å². The number of rotatable bonds is 4. The average Bonchev–Trinajstić information content (AvgIpc) is 2.83. The molecule has 0 radical (unpaired) electrons. The first-order valence-electron chi connectivity index (χ1n) is 6.35. The number of hydrogen-bond acceptors (Lipinski definition) is 4. The largest absolute Gasteiger partial charge is 0.478 e. The fourth-order valence-electron chi connectivity index (χ4n) is 2.20. The Morgan fingerprint density at radius 3 is 2.48 bits per heavy atom. The molecule has 114 valence electrons. The number of carbonyl (C=O) groups excluding carboxylic acids is 1. The number of carboxylic acids is 1. The van der Waals surface area contributed by atoms with Crippen LogP contribution >= 0.6 is 0 Å². The van der Waals surface area contributed by atoms with Gasteiger partial charge in [-0.1, -0.05) is 0 Å². The standard InChI is InChI=1S/C13H16N2O5S/c1-14(2)21(19,20)9-5-6-11(10(8-9)13(17)18)15-7-3-4-12(15)16/h5-6,8H,3-4,7H2,1-2H3,(H,17,18). The van der Waals surface area contributed by atoms with E-state index < -0.39 is 16.0 Å². The number of hydrogen-bond donors (Lipinski definition) is 1. The number of carbonyl (C=O) groups is 2. The molecule has 1 N–H and O–H groups in total. The number of carboxylic acid groups (broad SMARTS) is 1. The van der Waals surface area contributed by atoms with Crippen LogP contribution in [-0.4, -0.2) is 50.3 Å². The van der Waals surface area contributed by atoms with Gasteiger partial charge in [-0.2, -0.15) is 0 Å². The third-order valence-electron chi connectivity index (χ3n) is 3.34. The van der Waals surface area contributed by atoms with Crippen LogP contribution in [0.2, 0.25) is 0 Å². The molecule has 7 nitrogen and oxygen atoms in total. The van der Waals surface area contributed by atoms with E-state index in [0.717, 1.165) is 10.4 Å². The van der Waals surface area contributed by atoms with Crippen LogP contribution < -0.4 is 4.90 Å². The zero-order valence-corrected chi connectivity index (χ0v) is 12.6. The quantitative estimate of drug-likeness (QED) is 0.885. The van der Waals surface area contributed by atoms with Gasteiger partial charge in [-0.15, -0.1) is 0 Å². The monoisotopic (exact) mass is 312 g/mol. The molecule has 0 bridgehead atoms. The topological polar surface area (TPSA) is 95.0 Å². The summed E-state index contributed by atoms with van der Waals surface area (Å²) in [5.74, 6) is -1.42. The maximum atomic E-state index is 12.1. The molecule has 1 aliphatic heterocycles. The fourth-order valence-corrected chi connectivity index (χ4v) is 3.12. The summed E-state index contributed by atoms with van der Waals surface area (Å²) in [5.41, 5.74) is 0.0517. The number of amides is 1. The zero-order valence-electron chi connectivity index (χ0n) is 11.7. The first kappa shape index (κ1) is 15.5. The smallest absolute Gasteiger partial charge is 0.337 e. The second-order valence-electron chi connectivity index (χ2n) is 4.92. The minimum atomic E-state index is -3.72. The minimum Gasteiger partial charge on any atom is -0.478 e. The average molecular weight is 312 g/mol. The summed E-state index contributed by atoms with van der Waals surface area (Å²) < 4.78 is 25.1. The lowest BCUT2D eigenvalue weighted by atomic mass is 10.1. The van der Waals surface area contributed by atoms with E-state index in [9.17, 15) is 23.1 Å². The molecular weight excluding hydrogens is 296 g/mol. The van der Waals surface area contributed by atoms with Gasteiger partial charge in [0.25, 0.3) is 0 Å². The number of sulfonamides is 1. The van der Waals surface area contributed by atoms with Crippen molar-refractivity contribution in [3.8, 4) is 0 Å². The van der Waals surface area contributed by atoms with Crippen LogP contribution in [0.1, 0.15) is 23.2 Å². The molecule has 21 heavy (non-hydrogen) atoms. The lowest BCUT2D eigenvalue weighted by molar-refractivity contribution is -0.117. The van der Waals surface area contributed by atoms with Crippen LogP contribution in [0.4, 0.5) is 5.69 Å². The lowest BCUT2D eigenvalue weighted by Crippen LogP contribution is -2.27. The van der Waals surface area contributed by atoms with Crippen LogP contribution in [0.5, 0.6) is 0 Å². The molecule has 0 saturated carbocycles. The van der Waals surface area contributed by atoms with Gasteiger partial charge in [0.05, 0.1) is 16.1 Å². The van der Waals surface area contributed by atoms with E-state index in [4.69, 9.17) is 0 Å².